The summed E-state index contributed by atoms with van der Waals surface area (Å²) in [4.78, 5) is 0. The van der Waals surface area contributed by atoms with Gasteiger partial charge in [-0.15, -0.1) is 0 Å². The number of hydrogen-bond donors (Lipinski definition) is 0. The molecular formula is C20H26. The molecule has 2 aromatic carbocycles. The van der Waals surface area contributed by atoms with Gasteiger partial charge in [0.1, 0.15) is 0 Å². The Kier molecular flexibility index (Phi) is 5.00. The Hall–Kier alpha value is -1.56. The molecule has 0 aliphatic heterocycles. The molecule has 106 valence electrons. The highest BCUT2D eigenvalue weighted by atomic mass is 14.1. The summed E-state index contributed by atoms with van der Waals surface area (Å²) < 4.78 is 0. The van der Waals surface area contributed by atoms with Crippen LogP contribution in [0.25, 0.3) is 0 Å². The lowest BCUT2D eigenvalue weighted by atomic mass is 9.92. The molecule has 0 N–H and O–H groups in total. The third kappa shape index (κ3) is 3.72. The van der Waals surface area contributed by atoms with E-state index in [0.717, 1.165) is 12.8 Å². The van der Waals surface area contributed by atoms with E-state index in [0.29, 0.717) is 5.92 Å². The van der Waals surface area contributed by atoms with Gasteiger partial charge in [0.15, 0.2) is 0 Å². The topological polar surface area (TPSA) is 0 Å². The van der Waals surface area contributed by atoms with Crippen LogP contribution >= 0.6 is 0 Å². The standard InChI is InChI=1S/C20H26/c1-5-16(3)20-13-12-19(14-17(20)4)11-10-18-8-6-15(2)7-9-18/h6-9,12-14,16H,5,10-11H2,1-4H3. The first-order valence-electron chi connectivity index (χ1n) is 7.75. The van der Waals surface area contributed by atoms with Crippen molar-refractivity contribution in [2.75, 3.05) is 0 Å². The third-order valence-electron chi connectivity index (χ3n) is 4.30. The fourth-order valence-corrected chi connectivity index (χ4v) is 2.71. The van der Waals surface area contributed by atoms with Gasteiger partial charge in [0, 0.05) is 0 Å². The van der Waals surface area contributed by atoms with Crippen LogP contribution in [-0.2, 0) is 12.8 Å². The summed E-state index contributed by atoms with van der Waals surface area (Å²) in [5.74, 6) is 0.668. The smallest absolute Gasteiger partial charge is 0.0190 e. The van der Waals surface area contributed by atoms with E-state index in [-0.39, 0.29) is 0 Å². The monoisotopic (exact) mass is 266 g/mol. The van der Waals surface area contributed by atoms with Crippen molar-refractivity contribution in [2.24, 2.45) is 0 Å². The van der Waals surface area contributed by atoms with E-state index in [4.69, 9.17) is 0 Å². The first-order chi connectivity index (χ1) is 9.60. The van der Waals surface area contributed by atoms with Crippen molar-refractivity contribution in [1.82, 2.24) is 0 Å². The van der Waals surface area contributed by atoms with Gasteiger partial charge in [0.25, 0.3) is 0 Å². The van der Waals surface area contributed by atoms with Crippen LogP contribution in [0.5, 0.6) is 0 Å². The molecule has 0 nitrogen and oxygen atoms in total. The Morgan fingerprint density at radius 1 is 0.850 bits per heavy atom. The molecule has 1 unspecified atom stereocenters. The molecule has 0 spiro atoms. The van der Waals surface area contributed by atoms with Crippen molar-refractivity contribution in [1.29, 1.82) is 0 Å². The molecule has 1 atom stereocenters. The van der Waals surface area contributed by atoms with Gasteiger partial charge < -0.3 is 0 Å². The molecule has 0 radical (unpaired) electrons. The molecule has 0 amide bonds. The van der Waals surface area contributed by atoms with Crippen LogP contribution in [0.3, 0.4) is 0 Å². The maximum absolute atomic E-state index is 2.37. The maximum Gasteiger partial charge on any atom is -0.0190 e. The van der Waals surface area contributed by atoms with Crippen molar-refractivity contribution < 1.29 is 0 Å². The van der Waals surface area contributed by atoms with E-state index in [1.807, 2.05) is 0 Å². The second-order valence-corrected chi connectivity index (χ2v) is 5.99. The average molecular weight is 266 g/mol. The fourth-order valence-electron chi connectivity index (χ4n) is 2.71. The zero-order chi connectivity index (χ0) is 14.5. The van der Waals surface area contributed by atoms with Crippen LogP contribution in [0.15, 0.2) is 42.5 Å². The van der Waals surface area contributed by atoms with Crippen LogP contribution in [-0.4, -0.2) is 0 Å². The minimum atomic E-state index is 0.668. The number of aryl methyl sites for hydroxylation is 4. The molecule has 0 aliphatic carbocycles. The van der Waals surface area contributed by atoms with E-state index < -0.39 is 0 Å². The van der Waals surface area contributed by atoms with E-state index in [2.05, 4.69) is 70.2 Å². The van der Waals surface area contributed by atoms with Gasteiger partial charge in [-0.05, 0) is 61.3 Å². The first kappa shape index (κ1) is 14.8. The number of benzene rings is 2. The molecule has 0 aromatic heterocycles. The van der Waals surface area contributed by atoms with Gasteiger partial charge in [0.05, 0.1) is 0 Å². The summed E-state index contributed by atoms with van der Waals surface area (Å²) in [5.41, 5.74) is 7.17. The maximum atomic E-state index is 2.37. The number of rotatable bonds is 5. The lowest BCUT2D eigenvalue weighted by Gasteiger charge is -2.14. The van der Waals surface area contributed by atoms with Crippen molar-refractivity contribution >= 4 is 0 Å². The zero-order valence-corrected chi connectivity index (χ0v) is 13.2. The predicted molar refractivity (Wildman–Crippen MR) is 88.5 cm³/mol. The Morgan fingerprint density at radius 3 is 2.05 bits per heavy atom. The fraction of sp³-hybridized carbons (Fsp3) is 0.400. The van der Waals surface area contributed by atoms with Crippen molar-refractivity contribution in [3.63, 3.8) is 0 Å². The van der Waals surface area contributed by atoms with Gasteiger partial charge in [-0.3, -0.25) is 0 Å². The summed E-state index contributed by atoms with van der Waals surface area (Å²) in [5, 5.41) is 0. The van der Waals surface area contributed by atoms with Gasteiger partial charge in [-0.25, -0.2) is 0 Å². The molecular weight excluding hydrogens is 240 g/mol. The molecule has 2 aromatic rings. The summed E-state index contributed by atoms with van der Waals surface area (Å²) in [6, 6.07) is 15.9. The normalized spacial score (nSPS) is 12.4. The second-order valence-electron chi connectivity index (χ2n) is 5.99. The molecule has 0 saturated heterocycles. The van der Waals surface area contributed by atoms with Crippen LogP contribution in [0, 0.1) is 13.8 Å². The lowest BCUT2D eigenvalue weighted by Crippen LogP contribution is -1.98. The van der Waals surface area contributed by atoms with Gasteiger partial charge in [-0.2, -0.15) is 0 Å². The van der Waals surface area contributed by atoms with Gasteiger partial charge in [0.2, 0.25) is 0 Å². The van der Waals surface area contributed by atoms with Crippen molar-refractivity contribution in [3.05, 3.63) is 70.3 Å². The molecule has 0 bridgehead atoms. The van der Waals surface area contributed by atoms with E-state index >= 15 is 0 Å². The highest BCUT2D eigenvalue weighted by molar-refractivity contribution is 5.34. The Morgan fingerprint density at radius 2 is 1.45 bits per heavy atom. The summed E-state index contributed by atoms with van der Waals surface area (Å²) in [7, 11) is 0. The van der Waals surface area contributed by atoms with Gasteiger partial charge >= 0.3 is 0 Å². The third-order valence-corrected chi connectivity index (χ3v) is 4.30. The molecule has 0 heterocycles. The Balaban J connectivity index is 2.03. The van der Waals surface area contributed by atoms with Crippen LogP contribution in [0.2, 0.25) is 0 Å². The van der Waals surface area contributed by atoms with Crippen LogP contribution < -0.4 is 0 Å². The molecule has 0 aliphatic rings. The highest BCUT2D eigenvalue weighted by Crippen LogP contribution is 2.23. The van der Waals surface area contributed by atoms with Crippen molar-refractivity contribution in [3.8, 4) is 0 Å². The van der Waals surface area contributed by atoms with E-state index in [1.54, 1.807) is 0 Å². The van der Waals surface area contributed by atoms with E-state index in [9.17, 15) is 0 Å². The lowest BCUT2D eigenvalue weighted by molar-refractivity contribution is 0.727. The molecule has 0 heteroatoms. The van der Waals surface area contributed by atoms with Crippen LogP contribution in [0.1, 0.15) is 54.0 Å². The Bertz CT molecular complexity index is 549. The molecule has 0 fully saturated rings. The van der Waals surface area contributed by atoms with E-state index in [1.165, 1.54) is 34.2 Å². The van der Waals surface area contributed by atoms with Gasteiger partial charge in [-0.1, -0.05) is 61.9 Å². The molecule has 20 heavy (non-hydrogen) atoms. The second kappa shape index (κ2) is 6.74. The Labute approximate surface area is 123 Å². The SMILES string of the molecule is CCC(C)c1ccc(CCc2ccc(C)cc2)cc1C. The van der Waals surface area contributed by atoms with Crippen LogP contribution in [0.4, 0.5) is 0 Å². The first-order valence-corrected chi connectivity index (χ1v) is 7.75. The quantitative estimate of drug-likeness (QED) is 0.660. The zero-order valence-electron chi connectivity index (χ0n) is 13.2. The van der Waals surface area contributed by atoms with Crippen molar-refractivity contribution in [2.45, 2.75) is 52.9 Å². The number of hydrogen-bond acceptors (Lipinski definition) is 0. The minimum Gasteiger partial charge on any atom is -0.0648 e. The highest BCUT2D eigenvalue weighted by Gasteiger charge is 2.07. The summed E-state index contributed by atoms with van der Waals surface area (Å²) in [6.07, 6.45) is 3.47. The summed E-state index contributed by atoms with van der Waals surface area (Å²) >= 11 is 0. The minimum absolute atomic E-state index is 0.668. The summed E-state index contributed by atoms with van der Waals surface area (Å²) in [6.45, 7) is 8.96. The molecule has 2 rings (SSSR count). The average Bonchev–Trinajstić information content (AvgIpc) is 2.46. The largest absolute Gasteiger partial charge is 0.0648 e. The molecule has 0 saturated carbocycles. The predicted octanol–water partition coefficient (Wildman–Crippen LogP) is 5.60.